The zero-order chi connectivity index (χ0) is 21.6. The number of likely N-dealkylation sites (tertiary alicyclic amines) is 1. The highest BCUT2D eigenvalue weighted by Crippen LogP contribution is 2.28. The molecule has 1 saturated heterocycles. The van der Waals surface area contributed by atoms with E-state index in [1.807, 2.05) is 50.2 Å². The molecule has 0 unspecified atom stereocenters. The number of anilines is 1. The van der Waals surface area contributed by atoms with Gasteiger partial charge in [0.25, 0.3) is 0 Å². The van der Waals surface area contributed by atoms with E-state index in [2.05, 4.69) is 35.0 Å². The molecule has 0 saturated carbocycles. The Morgan fingerprint density at radius 2 is 1.66 bits per heavy atom. The minimum atomic E-state index is -0.601. The Kier molecular flexibility index (Phi) is 11.3. The van der Waals surface area contributed by atoms with Gasteiger partial charge >= 0.3 is 0 Å². The molecule has 1 fully saturated rings. The average molecular weight is 480 g/mol. The maximum absolute atomic E-state index is 11.1. The summed E-state index contributed by atoms with van der Waals surface area (Å²) in [5.74, 6) is 0.885. The Balaban J connectivity index is 0.00000256. The Morgan fingerprint density at radius 1 is 1.06 bits per heavy atom. The van der Waals surface area contributed by atoms with E-state index in [0.717, 1.165) is 56.9 Å². The number of benzene rings is 2. The summed E-state index contributed by atoms with van der Waals surface area (Å²) in [7, 11) is 2.07. The van der Waals surface area contributed by atoms with Gasteiger partial charge in [-0.15, -0.1) is 24.8 Å². The number of halogens is 2. The topological polar surface area (TPSA) is 59.7 Å². The SMILES string of the molecule is CC(C)Oc1ccc(N(C)CCC2(O)CCN(Cc3ccc(C#N)cc3)CC2)cc1.Cl.Cl. The number of ether oxygens (including phenoxy) is 1. The lowest BCUT2D eigenvalue weighted by molar-refractivity contribution is -0.0275. The van der Waals surface area contributed by atoms with Gasteiger partial charge in [-0.25, -0.2) is 0 Å². The summed E-state index contributed by atoms with van der Waals surface area (Å²) in [5, 5.41) is 20.0. The van der Waals surface area contributed by atoms with Gasteiger partial charge in [0.05, 0.1) is 23.3 Å². The third kappa shape index (κ3) is 8.18. The minimum Gasteiger partial charge on any atom is -0.491 e. The molecule has 1 aliphatic heterocycles. The van der Waals surface area contributed by atoms with Crippen LogP contribution in [-0.4, -0.2) is 48.4 Å². The van der Waals surface area contributed by atoms with Gasteiger partial charge in [0.1, 0.15) is 5.75 Å². The fourth-order valence-electron chi connectivity index (χ4n) is 3.88. The smallest absolute Gasteiger partial charge is 0.119 e. The second-order valence-electron chi connectivity index (χ2n) is 8.64. The summed E-state index contributed by atoms with van der Waals surface area (Å²) >= 11 is 0. The van der Waals surface area contributed by atoms with Gasteiger partial charge in [0, 0.05) is 38.9 Å². The van der Waals surface area contributed by atoms with E-state index in [4.69, 9.17) is 10.00 Å². The van der Waals surface area contributed by atoms with Crippen LogP contribution in [0.1, 0.15) is 44.2 Å². The highest BCUT2D eigenvalue weighted by Gasteiger charge is 2.32. The lowest BCUT2D eigenvalue weighted by Gasteiger charge is -2.39. The standard InChI is InChI=1S/C25H33N3O2.2ClH/c1-20(2)30-24-10-8-23(9-11-24)27(3)15-12-25(29)13-16-28(17-14-25)19-22-6-4-21(18-26)5-7-22;;/h4-11,20,29H,12-17,19H2,1-3H3;2*1H. The highest BCUT2D eigenvalue weighted by molar-refractivity contribution is 5.85. The van der Waals surface area contributed by atoms with E-state index >= 15 is 0 Å². The number of hydrogen-bond acceptors (Lipinski definition) is 5. The van der Waals surface area contributed by atoms with Crippen LogP contribution < -0.4 is 9.64 Å². The molecule has 0 aliphatic carbocycles. The molecule has 176 valence electrons. The monoisotopic (exact) mass is 479 g/mol. The first-order chi connectivity index (χ1) is 14.4. The van der Waals surface area contributed by atoms with E-state index in [1.165, 1.54) is 5.56 Å². The molecular formula is C25H35Cl2N3O2. The third-order valence-electron chi connectivity index (χ3n) is 5.84. The number of nitriles is 1. The van der Waals surface area contributed by atoms with Crippen LogP contribution in [0, 0.1) is 11.3 Å². The molecular weight excluding hydrogens is 445 g/mol. The van der Waals surface area contributed by atoms with Gasteiger partial charge < -0.3 is 14.7 Å². The minimum absolute atomic E-state index is 0. The normalized spacial score (nSPS) is 15.2. The van der Waals surface area contributed by atoms with E-state index in [0.29, 0.717) is 5.56 Å². The number of piperidine rings is 1. The van der Waals surface area contributed by atoms with Crippen molar-refractivity contribution in [1.82, 2.24) is 4.90 Å². The quantitative estimate of drug-likeness (QED) is 0.574. The van der Waals surface area contributed by atoms with Crippen molar-refractivity contribution in [2.24, 2.45) is 0 Å². The molecule has 0 radical (unpaired) electrons. The second-order valence-corrected chi connectivity index (χ2v) is 8.64. The zero-order valence-electron chi connectivity index (χ0n) is 19.2. The van der Waals surface area contributed by atoms with Crippen LogP contribution in [0.5, 0.6) is 5.75 Å². The lowest BCUT2D eigenvalue weighted by Crippen LogP contribution is -2.45. The van der Waals surface area contributed by atoms with Gasteiger partial charge in [0.2, 0.25) is 0 Å². The molecule has 0 atom stereocenters. The molecule has 5 nitrogen and oxygen atoms in total. The summed E-state index contributed by atoms with van der Waals surface area (Å²) in [6.07, 6.45) is 2.51. The molecule has 0 aromatic heterocycles. The first-order valence-electron chi connectivity index (χ1n) is 10.8. The van der Waals surface area contributed by atoms with E-state index in [-0.39, 0.29) is 30.9 Å². The summed E-state index contributed by atoms with van der Waals surface area (Å²) < 4.78 is 5.71. The molecule has 7 heteroatoms. The Morgan fingerprint density at radius 3 is 2.19 bits per heavy atom. The fraction of sp³-hybridized carbons (Fsp3) is 0.480. The second kappa shape index (κ2) is 12.9. The van der Waals surface area contributed by atoms with E-state index < -0.39 is 5.60 Å². The number of rotatable bonds is 8. The maximum Gasteiger partial charge on any atom is 0.119 e. The van der Waals surface area contributed by atoms with Gasteiger partial charge in [-0.1, -0.05) is 12.1 Å². The van der Waals surface area contributed by atoms with Crippen LogP contribution in [0.3, 0.4) is 0 Å². The van der Waals surface area contributed by atoms with Gasteiger partial charge in [0.15, 0.2) is 0 Å². The molecule has 1 aliphatic rings. The summed E-state index contributed by atoms with van der Waals surface area (Å²) in [5.41, 5.74) is 2.44. The first-order valence-corrected chi connectivity index (χ1v) is 10.8. The fourth-order valence-corrected chi connectivity index (χ4v) is 3.88. The van der Waals surface area contributed by atoms with Crippen LogP contribution in [-0.2, 0) is 6.54 Å². The molecule has 0 amide bonds. The Labute approximate surface area is 204 Å². The number of aliphatic hydroxyl groups is 1. The molecule has 2 aromatic rings. The van der Waals surface area contributed by atoms with E-state index in [1.54, 1.807) is 0 Å². The molecule has 2 aromatic carbocycles. The van der Waals surface area contributed by atoms with Crippen molar-refractivity contribution < 1.29 is 9.84 Å². The van der Waals surface area contributed by atoms with Crippen molar-refractivity contribution >= 4 is 30.5 Å². The molecule has 1 heterocycles. The summed E-state index contributed by atoms with van der Waals surface area (Å²) in [6, 6.07) is 18.1. The van der Waals surface area contributed by atoms with Crippen molar-refractivity contribution in [3.63, 3.8) is 0 Å². The molecule has 1 N–H and O–H groups in total. The van der Waals surface area contributed by atoms with Gasteiger partial charge in [-0.05, 0) is 75.1 Å². The van der Waals surface area contributed by atoms with Crippen LogP contribution in [0.15, 0.2) is 48.5 Å². The van der Waals surface area contributed by atoms with Gasteiger partial charge in [-0.2, -0.15) is 5.26 Å². The predicted molar refractivity (Wildman–Crippen MR) is 135 cm³/mol. The summed E-state index contributed by atoms with van der Waals surface area (Å²) in [4.78, 5) is 4.58. The molecule has 0 bridgehead atoms. The predicted octanol–water partition coefficient (Wildman–Crippen LogP) is 5.04. The van der Waals surface area contributed by atoms with Crippen LogP contribution >= 0.6 is 24.8 Å². The maximum atomic E-state index is 11.1. The molecule has 0 spiro atoms. The molecule has 3 rings (SSSR count). The zero-order valence-corrected chi connectivity index (χ0v) is 20.8. The lowest BCUT2D eigenvalue weighted by atomic mass is 9.88. The largest absolute Gasteiger partial charge is 0.491 e. The van der Waals surface area contributed by atoms with Gasteiger partial charge in [-0.3, -0.25) is 4.90 Å². The third-order valence-corrected chi connectivity index (χ3v) is 5.84. The van der Waals surface area contributed by atoms with Crippen molar-refractivity contribution in [3.05, 3.63) is 59.7 Å². The first kappa shape index (κ1) is 28.1. The van der Waals surface area contributed by atoms with Crippen molar-refractivity contribution in [2.45, 2.75) is 51.4 Å². The van der Waals surface area contributed by atoms with Crippen LogP contribution in [0.4, 0.5) is 5.69 Å². The van der Waals surface area contributed by atoms with Crippen LogP contribution in [0.25, 0.3) is 0 Å². The van der Waals surface area contributed by atoms with Crippen LogP contribution in [0.2, 0.25) is 0 Å². The average Bonchev–Trinajstić information content (AvgIpc) is 2.75. The highest BCUT2D eigenvalue weighted by atomic mass is 35.5. The van der Waals surface area contributed by atoms with E-state index in [9.17, 15) is 5.11 Å². The number of nitrogens with zero attached hydrogens (tertiary/aromatic N) is 3. The Hall–Kier alpha value is -1.97. The Bertz CT molecular complexity index is 843. The molecule has 32 heavy (non-hydrogen) atoms. The summed E-state index contributed by atoms with van der Waals surface area (Å²) in [6.45, 7) is 7.51. The van der Waals surface area contributed by atoms with Crippen molar-refractivity contribution in [1.29, 1.82) is 5.26 Å². The van der Waals surface area contributed by atoms with Crippen molar-refractivity contribution in [3.8, 4) is 11.8 Å². The number of hydrogen-bond donors (Lipinski definition) is 1. The van der Waals surface area contributed by atoms with Crippen molar-refractivity contribution in [2.75, 3.05) is 31.6 Å².